The minimum atomic E-state index is 0.640. The van der Waals surface area contributed by atoms with Gasteiger partial charge >= 0.3 is 0 Å². The van der Waals surface area contributed by atoms with Crippen LogP contribution in [0, 0.1) is 19.8 Å². The Bertz CT molecular complexity index is 366. The average Bonchev–Trinajstić information content (AvgIpc) is 2.63. The van der Waals surface area contributed by atoms with Gasteiger partial charge in [0.2, 0.25) is 0 Å². The van der Waals surface area contributed by atoms with Crippen LogP contribution in [-0.4, -0.2) is 26.2 Å². The maximum atomic E-state index is 3.59. The summed E-state index contributed by atoms with van der Waals surface area (Å²) in [5.41, 5.74) is 4.03. The number of nitrogens with one attached hydrogen (secondary N) is 1. The lowest BCUT2D eigenvalue weighted by atomic mass is 10.0. The Balaban J connectivity index is 2.06. The van der Waals surface area contributed by atoms with Crippen molar-refractivity contribution in [2.24, 2.45) is 5.92 Å². The van der Waals surface area contributed by atoms with Gasteiger partial charge in [-0.1, -0.05) is 13.0 Å². The highest BCUT2D eigenvalue weighted by atomic mass is 15.1. The van der Waals surface area contributed by atoms with Gasteiger partial charge in [0.25, 0.3) is 0 Å². The maximum absolute atomic E-state index is 3.59. The van der Waals surface area contributed by atoms with Crippen molar-refractivity contribution in [2.75, 3.05) is 25.0 Å². The molecule has 1 aromatic carbocycles. The Hall–Kier alpha value is -1.02. The fraction of sp³-hybridized carbons (Fsp3) is 0.600. The highest BCUT2D eigenvalue weighted by Crippen LogP contribution is 2.21. The van der Waals surface area contributed by atoms with E-state index in [-0.39, 0.29) is 0 Å². The summed E-state index contributed by atoms with van der Waals surface area (Å²) >= 11 is 0. The van der Waals surface area contributed by atoms with Gasteiger partial charge in [-0.15, -0.1) is 0 Å². The minimum absolute atomic E-state index is 0.640. The summed E-state index contributed by atoms with van der Waals surface area (Å²) in [4.78, 5) is 2.37. The number of nitrogens with zero attached hydrogens (tertiary/aromatic N) is 1. The van der Waals surface area contributed by atoms with Crippen molar-refractivity contribution in [2.45, 2.75) is 33.2 Å². The molecule has 1 aliphatic heterocycles. The largest absolute Gasteiger partial charge is 0.373 e. The van der Waals surface area contributed by atoms with E-state index in [1.807, 2.05) is 0 Å². The number of hydrogen-bond acceptors (Lipinski definition) is 2. The Morgan fingerprint density at radius 1 is 1.24 bits per heavy atom. The molecule has 2 rings (SSSR count). The van der Waals surface area contributed by atoms with E-state index in [2.05, 4.69) is 56.2 Å². The lowest BCUT2D eigenvalue weighted by molar-refractivity contribution is 0.483. The molecule has 0 bridgehead atoms. The summed E-state index contributed by atoms with van der Waals surface area (Å²) in [6.45, 7) is 8.96. The van der Waals surface area contributed by atoms with E-state index in [1.165, 1.54) is 29.8 Å². The molecule has 2 heteroatoms. The summed E-state index contributed by atoms with van der Waals surface area (Å²) in [7, 11) is 2.20. The third kappa shape index (κ3) is 3.01. The first kappa shape index (κ1) is 12.4. The van der Waals surface area contributed by atoms with Gasteiger partial charge < -0.3 is 10.2 Å². The molecule has 0 saturated carbocycles. The quantitative estimate of drug-likeness (QED) is 0.862. The van der Waals surface area contributed by atoms with Gasteiger partial charge in [0.1, 0.15) is 0 Å². The number of anilines is 1. The third-order valence-corrected chi connectivity index (χ3v) is 3.81. The van der Waals surface area contributed by atoms with Crippen LogP contribution in [0.25, 0.3) is 0 Å². The van der Waals surface area contributed by atoms with Crippen molar-refractivity contribution in [3.8, 4) is 0 Å². The standard InChI is InChI=1S/C15H24N2/c1-11-7-12(2)9-14(8-11)17(4)10-15-13(3)5-6-16-15/h7-9,13,15-16H,5-6,10H2,1-4H3. The van der Waals surface area contributed by atoms with E-state index in [9.17, 15) is 0 Å². The molecule has 2 nitrogen and oxygen atoms in total. The third-order valence-electron chi connectivity index (χ3n) is 3.81. The molecule has 0 spiro atoms. The van der Waals surface area contributed by atoms with Gasteiger partial charge in [0, 0.05) is 25.3 Å². The molecule has 2 unspecified atom stereocenters. The molecule has 94 valence electrons. The van der Waals surface area contributed by atoms with Gasteiger partial charge in [-0.3, -0.25) is 0 Å². The molecule has 0 amide bonds. The molecular formula is C15H24N2. The normalized spacial score (nSPS) is 24.0. The van der Waals surface area contributed by atoms with E-state index in [0.717, 1.165) is 12.5 Å². The van der Waals surface area contributed by atoms with Crippen LogP contribution >= 0.6 is 0 Å². The number of aryl methyl sites for hydroxylation is 2. The van der Waals surface area contributed by atoms with Crippen LogP contribution in [0.2, 0.25) is 0 Å². The Labute approximate surface area is 105 Å². The predicted octanol–water partition coefficient (Wildman–Crippen LogP) is 2.74. The van der Waals surface area contributed by atoms with Crippen LogP contribution in [0.15, 0.2) is 18.2 Å². The maximum Gasteiger partial charge on any atom is 0.0369 e. The highest BCUT2D eigenvalue weighted by Gasteiger charge is 2.23. The first-order chi connectivity index (χ1) is 8.06. The Kier molecular flexibility index (Phi) is 3.72. The van der Waals surface area contributed by atoms with Crippen LogP contribution < -0.4 is 10.2 Å². The number of benzene rings is 1. The number of likely N-dealkylation sites (N-methyl/N-ethyl adjacent to an activating group) is 1. The molecular weight excluding hydrogens is 208 g/mol. The highest BCUT2D eigenvalue weighted by molar-refractivity contribution is 5.50. The van der Waals surface area contributed by atoms with Gasteiger partial charge in [-0.2, -0.15) is 0 Å². The zero-order valence-corrected chi connectivity index (χ0v) is 11.5. The van der Waals surface area contributed by atoms with Crippen molar-refractivity contribution in [3.63, 3.8) is 0 Å². The van der Waals surface area contributed by atoms with Gasteiger partial charge in [-0.05, 0) is 56.0 Å². The van der Waals surface area contributed by atoms with E-state index in [4.69, 9.17) is 0 Å². The van der Waals surface area contributed by atoms with Gasteiger partial charge in [-0.25, -0.2) is 0 Å². The van der Waals surface area contributed by atoms with Crippen LogP contribution in [-0.2, 0) is 0 Å². The Morgan fingerprint density at radius 3 is 2.41 bits per heavy atom. The van der Waals surface area contributed by atoms with Crippen LogP contribution in [0.5, 0.6) is 0 Å². The summed E-state index contributed by atoms with van der Waals surface area (Å²) in [6.07, 6.45) is 1.31. The van der Waals surface area contributed by atoms with Crippen molar-refractivity contribution < 1.29 is 0 Å². The summed E-state index contributed by atoms with van der Waals surface area (Å²) in [5, 5.41) is 3.59. The predicted molar refractivity (Wildman–Crippen MR) is 74.8 cm³/mol. The summed E-state index contributed by atoms with van der Waals surface area (Å²) < 4.78 is 0. The molecule has 1 N–H and O–H groups in total. The number of hydrogen-bond donors (Lipinski definition) is 1. The van der Waals surface area contributed by atoms with E-state index >= 15 is 0 Å². The van der Waals surface area contributed by atoms with Crippen LogP contribution in [0.4, 0.5) is 5.69 Å². The minimum Gasteiger partial charge on any atom is -0.373 e. The molecule has 2 atom stereocenters. The van der Waals surface area contributed by atoms with Crippen LogP contribution in [0.3, 0.4) is 0 Å². The second-order valence-electron chi connectivity index (χ2n) is 5.55. The van der Waals surface area contributed by atoms with Gasteiger partial charge in [0.05, 0.1) is 0 Å². The number of rotatable bonds is 3. The molecule has 17 heavy (non-hydrogen) atoms. The SMILES string of the molecule is Cc1cc(C)cc(N(C)CC2NCCC2C)c1. The van der Waals surface area contributed by atoms with Crippen molar-refractivity contribution >= 4 is 5.69 Å². The van der Waals surface area contributed by atoms with Crippen LogP contribution in [0.1, 0.15) is 24.5 Å². The van der Waals surface area contributed by atoms with Crippen molar-refractivity contribution in [1.82, 2.24) is 5.32 Å². The topological polar surface area (TPSA) is 15.3 Å². The average molecular weight is 232 g/mol. The molecule has 1 aliphatic rings. The fourth-order valence-electron chi connectivity index (χ4n) is 2.71. The van der Waals surface area contributed by atoms with E-state index in [1.54, 1.807) is 0 Å². The van der Waals surface area contributed by atoms with Crippen molar-refractivity contribution in [3.05, 3.63) is 29.3 Å². The van der Waals surface area contributed by atoms with Gasteiger partial charge in [0.15, 0.2) is 0 Å². The molecule has 0 radical (unpaired) electrons. The monoisotopic (exact) mass is 232 g/mol. The molecule has 1 heterocycles. The van der Waals surface area contributed by atoms with Crippen molar-refractivity contribution in [1.29, 1.82) is 0 Å². The van der Waals surface area contributed by atoms with E-state index in [0.29, 0.717) is 6.04 Å². The first-order valence-electron chi connectivity index (χ1n) is 6.59. The zero-order valence-electron chi connectivity index (χ0n) is 11.5. The molecule has 0 aliphatic carbocycles. The second-order valence-corrected chi connectivity index (χ2v) is 5.55. The lowest BCUT2D eigenvalue weighted by Crippen LogP contribution is -2.38. The fourth-order valence-corrected chi connectivity index (χ4v) is 2.71. The molecule has 0 aromatic heterocycles. The zero-order chi connectivity index (χ0) is 12.4. The smallest absolute Gasteiger partial charge is 0.0369 e. The molecule has 1 aromatic rings. The molecule has 1 saturated heterocycles. The second kappa shape index (κ2) is 5.09. The Morgan fingerprint density at radius 2 is 1.88 bits per heavy atom. The van der Waals surface area contributed by atoms with E-state index < -0.39 is 0 Å². The summed E-state index contributed by atoms with van der Waals surface area (Å²) in [5.74, 6) is 0.795. The lowest BCUT2D eigenvalue weighted by Gasteiger charge is -2.26. The summed E-state index contributed by atoms with van der Waals surface area (Å²) in [6, 6.07) is 7.41. The molecule has 1 fully saturated rings. The first-order valence-corrected chi connectivity index (χ1v) is 6.59.